The molecule has 0 atom stereocenters. The zero-order valence-corrected chi connectivity index (χ0v) is 10.0. The van der Waals surface area contributed by atoms with Crippen LogP contribution in [0.4, 0.5) is 0 Å². The molecule has 0 fully saturated rings. The summed E-state index contributed by atoms with van der Waals surface area (Å²) in [5.74, 6) is 0. The van der Waals surface area contributed by atoms with Crippen molar-refractivity contribution < 1.29 is 0 Å². The zero-order valence-electron chi connectivity index (χ0n) is 10.0. The molecule has 0 spiro atoms. The molecule has 0 radical (unpaired) electrons. The highest BCUT2D eigenvalue weighted by Gasteiger charge is 2.17. The molecular formula is C14H18N2. The monoisotopic (exact) mass is 214 g/mol. The minimum atomic E-state index is 1.02. The second kappa shape index (κ2) is 3.63. The first kappa shape index (κ1) is 9.91. The molecule has 2 heterocycles. The lowest BCUT2D eigenvalue weighted by molar-refractivity contribution is 0.614. The van der Waals surface area contributed by atoms with E-state index in [0.717, 1.165) is 25.9 Å². The molecule has 0 saturated carbocycles. The molecule has 1 aliphatic heterocycles. The van der Waals surface area contributed by atoms with E-state index < -0.39 is 0 Å². The second-order valence-corrected chi connectivity index (χ2v) is 4.62. The van der Waals surface area contributed by atoms with E-state index in [1.807, 2.05) is 0 Å². The van der Waals surface area contributed by atoms with Crippen molar-refractivity contribution in [1.29, 1.82) is 0 Å². The smallest absolute Gasteiger partial charge is 0.0485 e. The number of hydrogen-bond acceptors (Lipinski definition) is 1. The van der Waals surface area contributed by atoms with Gasteiger partial charge in [-0.3, -0.25) is 0 Å². The van der Waals surface area contributed by atoms with Crippen LogP contribution in [0.25, 0.3) is 10.9 Å². The Labute approximate surface area is 96.3 Å². The maximum Gasteiger partial charge on any atom is 0.0485 e. The molecular weight excluding hydrogens is 196 g/mol. The van der Waals surface area contributed by atoms with Gasteiger partial charge in [0.2, 0.25) is 0 Å². The minimum Gasteiger partial charge on any atom is -0.346 e. The van der Waals surface area contributed by atoms with Gasteiger partial charge in [-0.15, -0.1) is 0 Å². The molecule has 0 aliphatic carbocycles. The van der Waals surface area contributed by atoms with Gasteiger partial charge in [0, 0.05) is 30.2 Å². The summed E-state index contributed by atoms with van der Waals surface area (Å²) in [5.41, 5.74) is 5.85. The third-order valence-corrected chi connectivity index (χ3v) is 3.75. The third kappa shape index (κ3) is 1.30. The van der Waals surface area contributed by atoms with Crippen molar-refractivity contribution in [2.24, 2.45) is 7.05 Å². The fraction of sp³-hybridized carbons (Fsp3) is 0.429. The summed E-state index contributed by atoms with van der Waals surface area (Å²) < 4.78 is 2.36. The van der Waals surface area contributed by atoms with Crippen molar-refractivity contribution in [2.75, 3.05) is 6.54 Å². The molecule has 2 heteroatoms. The lowest BCUT2D eigenvalue weighted by atomic mass is 10.0. The Hall–Kier alpha value is -1.28. The maximum absolute atomic E-state index is 3.45. The van der Waals surface area contributed by atoms with Crippen molar-refractivity contribution >= 4 is 10.9 Å². The van der Waals surface area contributed by atoms with Crippen LogP contribution >= 0.6 is 0 Å². The van der Waals surface area contributed by atoms with E-state index >= 15 is 0 Å². The van der Waals surface area contributed by atoms with Crippen LogP contribution < -0.4 is 5.32 Å². The Morgan fingerprint density at radius 3 is 3.06 bits per heavy atom. The predicted octanol–water partition coefficient (Wildman–Crippen LogP) is 2.39. The summed E-state index contributed by atoms with van der Waals surface area (Å²) in [4.78, 5) is 0. The van der Waals surface area contributed by atoms with Crippen LogP contribution in [0.2, 0.25) is 0 Å². The molecule has 1 aromatic heterocycles. The molecule has 1 aliphatic rings. The zero-order chi connectivity index (χ0) is 11.1. The fourth-order valence-electron chi connectivity index (χ4n) is 2.76. The number of nitrogens with zero attached hydrogens (tertiary/aromatic N) is 1. The van der Waals surface area contributed by atoms with Crippen LogP contribution in [-0.2, 0) is 26.4 Å². The highest BCUT2D eigenvalue weighted by atomic mass is 15.0. The molecule has 0 saturated heterocycles. The number of hydrogen-bond donors (Lipinski definition) is 1. The fourth-order valence-corrected chi connectivity index (χ4v) is 2.76. The SMILES string of the molecule is CCc1ccc2c3c(n(C)c2c1)CNCC3. The maximum atomic E-state index is 3.45. The minimum absolute atomic E-state index is 1.02. The van der Waals surface area contributed by atoms with E-state index in [2.05, 4.69) is 42.1 Å². The van der Waals surface area contributed by atoms with Crippen LogP contribution in [0.15, 0.2) is 18.2 Å². The van der Waals surface area contributed by atoms with Crippen molar-refractivity contribution in [3.8, 4) is 0 Å². The summed E-state index contributed by atoms with van der Waals surface area (Å²) in [5, 5.41) is 4.91. The molecule has 84 valence electrons. The summed E-state index contributed by atoms with van der Waals surface area (Å²) in [6.45, 7) is 4.34. The van der Waals surface area contributed by atoms with Gasteiger partial charge in [-0.1, -0.05) is 19.1 Å². The molecule has 1 aromatic carbocycles. The lowest BCUT2D eigenvalue weighted by Crippen LogP contribution is -2.24. The van der Waals surface area contributed by atoms with E-state index in [4.69, 9.17) is 0 Å². The topological polar surface area (TPSA) is 17.0 Å². The average Bonchev–Trinajstić information content (AvgIpc) is 2.64. The van der Waals surface area contributed by atoms with Gasteiger partial charge in [0.25, 0.3) is 0 Å². The molecule has 1 N–H and O–H groups in total. The van der Waals surface area contributed by atoms with Gasteiger partial charge in [-0.2, -0.15) is 0 Å². The van der Waals surface area contributed by atoms with Gasteiger partial charge in [0.05, 0.1) is 0 Å². The summed E-state index contributed by atoms with van der Waals surface area (Å²) in [7, 11) is 2.19. The summed E-state index contributed by atoms with van der Waals surface area (Å²) in [6.07, 6.45) is 2.28. The average molecular weight is 214 g/mol. The van der Waals surface area contributed by atoms with Gasteiger partial charge < -0.3 is 9.88 Å². The largest absolute Gasteiger partial charge is 0.346 e. The molecule has 2 nitrogen and oxygen atoms in total. The van der Waals surface area contributed by atoms with E-state index in [-0.39, 0.29) is 0 Å². The van der Waals surface area contributed by atoms with E-state index in [0.29, 0.717) is 0 Å². The Kier molecular flexibility index (Phi) is 2.25. The molecule has 3 rings (SSSR count). The van der Waals surface area contributed by atoms with Crippen LogP contribution in [0.1, 0.15) is 23.7 Å². The van der Waals surface area contributed by atoms with E-state index in [9.17, 15) is 0 Å². The van der Waals surface area contributed by atoms with Crippen LogP contribution in [0.3, 0.4) is 0 Å². The van der Waals surface area contributed by atoms with Gasteiger partial charge in [0.15, 0.2) is 0 Å². The highest BCUT2D eigenvalue weighted by molar-refractivity contribution is 5.86. The normalized spacial score (nSPS) is 15.4. The van der Waals surface area contributed by atoms with E-state index in [1.54, 1.807) is 5.56 Å². The number of benzene rings is 1. The Balaban J connectivity index is 2.30. The Morgan fingerprint density at radius 2 is 2.25 bits per heavy atom. The molecule has 0 amide bonds. The molecule has 16 heavy (non-hydrogen) atoms. The number of nitrogens with one attached hydrogen (secondary N) is 1. The van der Waals surface area contributed by atoms with Gasteiger partial charge >= 0.3 is 0 Å². The third-order valence-electron chi connectivity index (χ3n) is 3.75. The second-order valence-electron chi connectivity index (χ2n) is 4.62. The summed E-state index contributed by atoms with van der Waals surface area (Å²) >= 11 is 0. The Bertz CT molecular complexity index is 537. The van der Waals surface area contributed by atoms with Crippen molar-refractivity contribution in [3.05, 3.63) is 35.0 Å². The highest BCUT2D eigenvalue weighted by Crippen LogP contribution is 2.28. The van der Waals surface area contributed by atoms with Crippen LogP contribution in [0, 0.1) is 0 Å². The number of fused-ring (bicyclic) bond motifs is 3. The lowest BCUT2D eigenvalue weighted by Gasteiger charge is -2.14. The quantitative estimate of drug-likeness (QED) is 0.771. The number of rotatable bonds is 1. The molecule has 0 bridgehead atoms. The van der Waals surface area contributed by atoms with Crippen molar-refractivity contribution in [3.63, 3.8) is 0 Å². The van der Waals surface area contributed by atoms with Crippen LogP contribution in [0.5, 0.6) is 0 Å². The summed E-state index contributed by atoms with van der Waals surface area (Å²) in [6, 6.07) is 6.91. The standard InChI is InChI=1S/C14H18N2/c1-3-10-4-5-11-12-6-7-15-9-14(12)16(2)13(11)8-10/h4-5,8,15H,3,6-7,9H2,1-2H3. The van der Waals surface area contributed by atoms with Gasteiger partial charge in [0.1, 0.15) is 0 Å². The van der Waals surface area contributed by atoms with Crippen LogP contribution in [-0.4, -0.2) is 11.1 Å². The number of aryl methyl sites for hydroxylation is 2. The first-order valence-corrected chi connectivity index (χ1v) is 6.11. The van der Waals surface area contributed by atoms with Crippen molar-refractivity contribution in [1.82, 2.24) is 9.88 Å². The van der Waals surface area contributed by atoms with Gasteiger partial charge in [-0.25, -0.2) is 0 Å². The first-order chi connectivity index (χ1) is 7.81. The first-order valence-electron chi connectivity index (χ1n) is 6.11. The predicted molar refractivity (Wildman–Crippen MR) is 67.7 cm³/mol. The van der Waals surface area contributed by atoms with Crippen molar-refractivity contribution in [2.45, 2.75) is 26.3 Å². The number of aromatic nitrogens is 1. The van der Waals surface area contributed by atoms with Gasteiger partial charge in [-0.05, 0) is 36.6 Å². The van der Waals surface area contributed by atoms with E-state index in [1.165, 1.54) is 22.2 Å². The Morgan fingerprint density at radius 1 is 1.38 bits per heavy atom. The molecule has 2 aromatic rings. The molecule has 0 unspecified atom stereocenters.